The van der Waals surface area contributed by atoms with E-state index in [4.69, 9.17) is 26.8 Å². The quantitative estimate of drug-likeness (QED) is 0.764. The van der Waals surface area contributed by atoms with Crippen LogP contribution in [0.5, 0.6) is 5.75 Å². The molecule has 0 radical (unpaired) electrons. The number of benzene rings is 1. The maximum absolute atomic E-state index is 5.86. The normalized spacial score (nSPS) is 12.5. The molecule has 1 atom stereocenters. The van der Waals surface area contributed by atoms with Crippen molar-refractivity contribution in [1.82, 2.24) is 0 Å². The SMILES string of the molecule is Cc1cc(Cl)ccc1OCCCOC(C)CN. The minimum atomic E-state index is 0.118. The molecule has 3 nitrogen and oxygen atoms in total. The first-order chi connectivity index (χ1) is 8.13. The Morgan fingerprint density at radius 2 is 2.12 bits per heavy atom. The average Bonchev–Trinajstić information content (AvgIpc) is 2.30. The van der Waals surface area contributed by atoms with Crippen molar-refractivity contribution in [2.24, 2.45) is 5.73 Å². The number of hydrogen-bond donors (Lipinski definition) is 1. The highest BCUT2D eigenvalue weighted by molar-refractivity contribution is 6.30. The molecule has 0 fully saturated rings. The smallest absolute Gasteiger partial charge is 0.122 e. The van der Waals surface area contributed by atoms with Gasteiger partial charge in [0.25, 0.3) is 0 Å². The van der Waals surface area contributed by atoms with Gasteiger partial charge in [-0.05, 0) is 37.6 Å². The maximum Gasteiger partial charge on any atom is 0.122 e. The Morgan fingerprint density at radius 1 is 1.35 bits per heavy atom. The van der Waals surface area contributed by atoms with E-state index in [1.807, 2.05) is 32.0 Å². The van der Waals surface area contributed by atoms with Crippen LogP contribution in [0.1, 0.15) is 18.9 Å². The fourth-order valence-corrected chi connectivity index (χ4v) is 1.60. The van der Waals surface area contributed by atoms with Crippen molar-refractivity contribution in [3.05, 3.63) is 28.8 Å². The molecule has 1 aromatic carbocycles. The highest BCUT2D eigenvalue weighted by Gasteiger charge is 2.01. The Kier molecular flexibility index (Phi) is 6.34. The first-order valence-corrected chi connectivity index (χ1v) is 6.22. The molecule has 1 aromatic rings. The average molecular weight is 258 g/mol. The van der Waals surface area contributed by atoms with Gasteiger partial charge >= 0.3 is 0 Å². The summed E-state index contributed by atoms with van der Waals surface area (Å²) in [5, 5.41) is 0.731. The Morgan fingerprint density at radius 3 is 2.76 bits per heavy atom. The van der Waals surface area contributed by atoms with Gasteiger partial charge in [0, 0.05) is 18.0 Å². The second kappa shape index (κ2) is 7.54. The fraction of sp³-hybridized carbons (Fsp3) is 0.538. The minimum absolute atomic E-state index is 0.118. The van der Waals surface area contributed by atoms with Crippen molar-refractivity contribution < 1.29 is 9.47 Å². The summed E-state index contributed by atoms with van der Waals surface area (Å²) in [5.41, 5.74) is 6.49. The van der Waals surface area contributed by atoms with Crippen LogP contribution in [0.15, 0.2) is 18.2 Å². The summed E-state index contributed by atoms with van der Waals surface area (Å²) in [4.78, 5) is 0. The van der Waals surface area contributed by atoms with Crippen molar-refractivity contribution in [3.8, 4) is 5.75 Å². The molecule has 4 heteroatoms. The molecular formula is C13H20ClNO2. The third-order valence-electron chi connectivity index (χ3n) is 2.42. The molecule has 0 aromatic heterocycles. The van der Waals surface area contributed by atoms with E-state index in [0.29, 0.717) is 19.8 Å². The fourth-order valence-electron chi connectivity index (χ4n) is 1.37. The minimum Gasteiger partial charge on any atom is -0.493 e. The summed E-state index contributed by atoms with van der Waals surface area (Å²) in [6, 6.07) is 5.61. The van der Waals surface area contributed by atoms with E-state index in [1.165, 1.54) is 0 Å². The van der Waals surface area contributed by atoms with Crippen molar-refractivity contribution >= 4 is 11.6 Å². The van der Waals surface area contributed by atoms with E-state index in [9.17, 15) is 0 Å². The van der Waals surface area contributed by atoms with E-state index in [-0.39, 0.29) is 6.10 Å². The van der Waals surface area contributed by atoms with Gasteiger partial charge in [-0.3, -0.25) is 0 Å². The van der Waals surface area contributed by atoms with E-state index in [0.717, 1.165) is 22.8 Å². The lowest BCUT2D eigenvalue weighted by Crippen LogP contribution is -2.21. The van der Waals surface area contributed by atoms with Crippen molar-refractivity contribution in [2.45, 2.75) is 26.4 Å². The van der Waals surface area contributed by atoms with Gasteiger partial charge in [0.05, 0.1) is 19.3 Å². The first kappa shape index (κ1) is 14.3. The predicted octanol–water partition coefficient (Wildman–Crippen LogP) is 2.78. The van der Waals surface area contributed by atoms with Crippen LogP contribution in [0.25, 0.3) is 0 Å². The number of aryl methyl sites for hydroxylation is 1. The molecule has 0 aliphatic rings. The predicted molar refractivity (Wildman–Crippen MR) is 70.8 cm³/mol. The largest absolute Gasteiger partial charge is 0.493 e. The molecule has 0 amide bonds. The molecule has 0 aliphatic carbocycles. The lowest BCUT2D eigenvalue weighted by molar-refractivity contribution is 0.0630. The zero-order valence-electron chi connectivity index (χ0n) is 10.4. The number of hydrogen-bond acceptors (Lipinski definition) is 3. The molecule has 0 aliphatic heterocycles. The number of rotatable bonds is 7. The van der Waals surface area contributed by atoms with Crippen LogP contribution < -0.4 is 10.5 Å². The van der Waals surface area contributed by atoms with Gasteiger partial charge in [0.1, 0.15) is 5.75 Å². The van der Waals surface area contributed by atoms with Gasteiger partial charge in [-0.25, -0.2) is 0 Å². The standard InChI is InChI=1S/C13H20ClNO2/c1-10-8-12(14)4-5-13(10)17-7-3-6-16-11(2)9-15/h4-5,8,11H,3,6-7,9,15H2,1-2H3. The van der Waals surface area contributed by atoms with E-state index in [2.05, 4.69) is 0 Å². The van der Waals surface area contributed by atoms with Gasteiger partial charge in [-0.2, -0.15) is 0 Å². The van der Waals surface area contributed by atoms with Gasteiger partial charge in [0.15, 0.2) is 0 Å². The Labute approximate surface area is 108 Å². The third-order valence-corrected chi connectivity index (χ3v) is 2.65. The Hall–Kier alpha value is -0.770. The molecule has 0 bridgehead atoms. The molecule has 0 saturated carbocycles. The molecule has 0 heterocycles. The molecular weight excluding hydrogens is 238 g/mol. The summed E-state index contributed by atoms with van der Waals surface area (Å²) in [6.45, 7) is 5.81. The molecule has 17 heavy (non-hydrogen) atoms. The summed E-state index contributed by atoms with van der Waals surface area (Å²) in [7, 11) is 0. The molecule has 0 saturated heterocycles. The van der Waals surface area contributed by atoms with Crippen LogP contribution in [-0.2, 0) is 4.74 Å². The molecule has 2 N–H and O–H groups in total. The van der Waals surface area contributed by atoms with Crippen LogP contribution in [0.3, 0.4) is 0 Å². The van der Waals surface area contributed by atoms with Gasteiger partial charge < -0.3 is 15.2 Å². The highest BCUT2D eigenvalue weighted by atomic mass is 35.5. The third kappa shape index (κ3) is 5.39. The molecule has 1 rings (SSSR count). The first-order valence-electron chi connectivity index (χ1n) is 5.84. The summed E-state index contributed by atoms with van der Waals surface area (Å²) >= 11 is 5.86. The second-order valence-corrected chi connectivity index (χ2v) is 4.47. The number of nitrogens with two attached hydrogens (primary N) is 1. The molecule has 0 spiro atoms. The summed E-state index contributed by atoms with van der Waals surface area (Å²) in [6.07, 6.45) is 0.971. The van der Waals surface area contributed by atoms with E-state index >= 15 is 0 Å². The van der Waals surface area contributed by atoms with Crippen LogP contribution in [0.2, 0.25) is 5.02 Å². The van der Waals surface area contributed by atoms with Crippen molar-refractivity contribution in [3.63, 3.8) is 0 Å². The highest BCUT2D eigenvalue weighted by Crippen LogP contribution is 2.21. The van der Waals surface area contributed by atoms with E-state index < -0.39 is 0 Å². The zero-order valence-corrected chi connectivity index (χ0v) is 11.2. The lowest BCUT2D eigenvalue weighted by atomic mass is 10.2. The van der Waals surface area contributed by atoms with Crippen molar-refractivity contribution in [2.75, 3.05) is 19.8 Å². The van der Waals surface area contributed by atoms with Crippen LogP contribution in [0.4, 0.5) is 0 Å². The van der Waals surface area contributed by atoms with Gasteiger partial charge in [-0.15, -0.1) is 0 Å². The van der Waals surface area contributed by atoms with Crippen LogP contribution in [0, 0.1) is 6.92 Å². The summed E-state index contributed by atoms with van der Waals surface area (Å²) < 4.78 is 11.1. The molecule has 96 valence electrons. The Bertz CT molecular complexity index is 344. The monoisotopic (exact) mass is 257 g/mol. The maximum atomic E-state index is 5.86. The lowest BCUT2D eigenvalue weighted by Gasteiger charge is -2.12. The van der Waals surface area contributed by atoms with Gasteiger partial charge in [0.2, 0.25) is 0 Å². The Balaban J connectivity index is 2.22. The van der Waals surface area contributed by atoms with Crippen LogP contribution >= 0.6 is 11.6 Å². The number of ether oxygens (including phenoxy) is 2. The summed E-state index contributed by atoms with van der Waals surface area (Å²) in [5.74, 6) is 0.876. The van der Waals surface area contributed by atoms with Gasteiger partial charge in [-0.1, -0.05) is 11.6 Å². The van der Waals surface area contributed by atoms with E-state index in [1.54, 1.807) is 0 Å². The van der Waals surface area contributed by atoms with Crippen LogP contribution in [-0.4, -0.2) is 25.9 Å². The second-order valence-electron chi connectivity index (χ2n) is 4.03. The zero-order chi connectivity index (χ0) is 12.7. The van der Waals surface area contributed by atoms with Crippen molar-refractivity contribution in [1.29, 1.82) is 0 Å². The topological polar surface area (TPSA) is 44.5 Å². The molecule has 1 unspecified atom stereocenters. The number of halogens is 1.